The minimum Gasteiger partial charge on any atom is -0.503 e. The van der Waals surface area contributed by atoms with Crippen LogP contribution in [0.1, 0.15) is 41.6 Å². The number of rotatable bonds is 7. The number of carbonyl (C=O) groups excluding carboxylic acids is 2. The van der Waals surface area contributed by atoms with Crippen LogP contribution in [0, 0.1) is 6.92 Å². The lowest BCUT2D eigenvalue weighted by molar-refractivity contribution is -0.130. The van der Waals surface area contributed by atoms with Crippen molar-refractivity contribution < 1.29 is 23.8 Å². The second-order valence-corrected chi connectivity index (χ2v) is 6.80. The molecule has 2 aromatic rings. The van der Waals surface area contributed by atoms with Crippen molar-refractivity contribution in [3.63, 3.8) is 0 Å². The van der Waals surface area contributed by atoms with Crippen LogP contribution in [0.2, 0.25) is 0 Å². The van der Waals surface area contributed by atoms with Gasteiger partial charge >= 0.3 is 0 Å². The van der Waals surface area contributed by atoms with Crippen LogP contribution >= 0.6 is 0 Å². The van der Waals surface area contributed by atoms with Crippen LogP contribution in [0.5, 0.6) is 0 Å². The Bertz CT molecular complexity index is 866. The Labute approximate surface area is 158 Å². The van der Waals surface area contributed by atoms with Crippen LogP contribution in [0.15, 0.2) is 58.4 Å². The summed E-state index contributed by atoms with van der Waals surface area (Å²) in [4.78, 5) is 27.1. The van der Waals surface area contributed by atoms with Gasteiger partial charge in [-0.05, 0) is 38.5 Å². The van der Waals surface area contributed by atoms with E-state index >= 15 is 0 Å². The number of ketones is 1. The van der Waals surface area contributed by atoms with E-state index in [4.69, 9.17) is 9.15 Å². The van der Waals surface area contributed by atoms with Gasteiger partial charge in [0, 0.05) is 6.54 Å². The summed E-state index contributed by atoms with van der Waals surface area (Å²) in [6, 6.07) is 9.97. The van der Waals surface area contributed by atoms with Crippen LogP contribution in [-0.2, 0) is 9.53 Å². The molecule has 1 N–H and O–H groups in total. The highest BCUT2D eigenvalue weighted by molar-refractivity contribution is 6.15. The largest absolute Gasteiger partial charge is 0.503 e. The number of ether oxygens (including phenoxy) is 1. The number of Topliss-reactive ketones (excluding diaryl/α,β-unsaturated/α-hetero) is 1. The van der Waals surface area contributed by atoms with Gasteiger partial charge in [0.2, 0.25) is 5.78 Å². The monoisotopic (exact) mass is 369 g/mol. The van der Waals surface area contributed by atoms with Gasteiger partial charge in [-0.1, -0.05) is 29.8 Å². The molecule has 0 saturated heterocycles. The molecule has 0 bridgehead atoms. The first kappa shape index (κ1) is 18.9. The summed E-state index contributed by atoms with van der Waals surface area (Å²) >= 11 is 0. The summed E-state index contributed by atoms with van der Waals surface area (Å²) in [5, 5.41) is 10.5. The van der Waals surface area contributed by atoms with Crippen LogP contribution in [-0.4, -0.2) is 41.0 Å². The molecule has 6 nitrogen and oxygen atoms in total. The van der Waals surface area contributed by atoms with E-state index < -0.39 is 23.5 Å². The Kier molecular flexibility index (Phi) is 5.46. The highest BCUT2D eigenvalue weighted by Gasteiger charge is 2.44. The number of hydrogen-bond acceptors (Lipinski definition) is 5. The number of aryl methyl sites for hydroxylation is 1. The average molecular weight is 369 g/mol. The Morgan fingerprint density at radius 2 is 2.07 bits per heavy atom. The van der Waals surface area contributed by atoms with E-state index in [2.05, 4.69) is 0 Å². The van der Waals surface area contributed by atoms with Crippen LogP contribution in [0.25, 0.3) is 0 Å². The molecular weight excluding hydrogens is 346 g/mol. The maximum atomic E-state index is 12.9. The molecule has 0 spiro atoms. The normalized spacial score (nSPS) is 17.3. The van der Waals surface area contributed by atoms with E-state index in [9.17, 15) is 14.7 Å². The summed E-state index contributed by atoms with van der Waals surface area (Å²) in [6.45, 7) is 6.32. The van der Waals surface area contributed by atoms with Crippen molar-refractivity contribution in [2.75, 3.05) is 13.2 Å². The molecule has 1 aromatic heterocycles. The van der Waals surface area contributed by atoms with E-state index in [1.165, 1.54) is 17.2 Å². The highest BCUT2D eigenvalue weighted by atomic mass is 16.5. The van der Waals surface area contributed by atoms with Crippen molar-refractivity contribution >= 4 is 11.7 Å². The molecule has 0 saturated carbocycles. The standard InChI is InChI=1S/C21H23NO5/c1-13(2)26-11-9-22-18(15-7-4-6-14(3)12-15)17(20(24)21(22)25)19(23)16-8-5-10-27-16/h4-8,10,12-13,18,24H,9,11H2,1-3H3. The fourth-order valence-corrected chi connectivity index (χ4v) is 3.23. The third-order valence-corrected chi connectivity index (χ3v) is 4.43. The number of aliphatic hydroxyl groups is 1. The maximum Gasteiger partial charge on any atom is 0.290 e. The minimum atomic E-state index is -0.689. The molecule has 3 rings (SSSR count). The number of nitrogens with zero attached hydrogens (tertiary/aromatic N) is 1. The van der Waals surface area contributed by atoms with Crippen molar-refractivity contribution in [1.82, 2.24) is 4.90 Å². The van der Waals surface area contributed by atoms with E-state index in [0.717, 1.165) is 11.1 Å². The predicted molar refractivity (Wildman–Crippen MR) is 99.4 cm³/mol. The van der Waals surface area contributed by atoms with Gasteiger partial charge in [-0.25, -0.2) is 0 Å². The van der Waals surface area contributed by atoms with Crippen molar-refractivity contribution in [1.29, 1.82) is 0 Å². The summed E-state index contributed by atoms with van der Waals surface area (Å²) in [5.74, 6) is -1.52. The maximum absolute atomic E-state index is 12.9. The molecule has 0 radical (unpaired) electrons. The number of hydrogen-bond donors (Lipinski definition) is 1. The van der Waals surface area contributed by atoms with Crippen molar-refractivity contribution in [3.8, 4) is 0 Å². The molecule has 1 aliphatic rings. The lowest BCUT2D eigenvalue weighted by Crippen LogP contribution is -2.34. The number of benzene rings is 1. The first-order valence-electron chi connectivity index (χ1n) is 8.90. The molecule has 142 valence electrons. The Hall–Kier alpha value is -2.86. The molecule has 27 heavy (non-hydrogen) atoms. The van der Waals surface area contributed by atoms with Crippen molar-refractivity contribution in [2.24, 2.45) is 0 Å². The zero-order valence-corrected chi connectivity index (χ0v) is 15.6. The topological polar surface area (TPSA) is 80.0 Å². The molecule has 0 aliphatic carbocycles. The smallest absolute Gasteiger partial charge is 0.290 e. The van der Waals surface area contributed by atoms with E-state index in [1.54, 1.807) is 6.07 Å². The lowest BCUT2D eigenvalue weighted by atomic mass is 9.94. The number of carbonyl (C=O) groups is 2. The van der Waals surface area contributed by atoms with Gasteiger partial charge in [-0.3, -0.25) is 9.59 Å². The Morgan fingerprint density at radius 3 is 2.70 bits per heavy atom. The van der Waals surface area contributed by atoms with E-state index in [0.29, 0.717) is 6.61 Å². The molecule has 1 amide bonds. The second kappa shape index (κ2) is 7.80. The first-order valence-corrected chi connectivity index (χ1v) is 8.90. The van der Waals surface area contributed by atoms with Gasteiger partial charge in [0.25, 0.3) is 5.91 Å². The molecule has 1 aliphatic heterocycles. The third kappa shape index (κ3) is 3.80. The molecule has 6 heteroatoms. The molecule has 1 unspecified atom stereocenters. The van der Waals surface area contributed by atoms with Gasteiger partial charge in [-0.15, -0.1) is 0 Å². The first-order chi connectivity index (χ1) is 12.9. The van der Waals surface area contributed by atoms with Gasteiger partial charge in [0.1, 0.15) is 0 Å². The Morgan fingerprint density at radius 1 is 1.30 bits per heavy atom. The summed E-state index contributed by atoms with van der Waals surface area (Å²) in [5.41, 5.74) is 1.78. The zero-order chi connectivity index (χ0) is 19.6. The highest BCUT2D eigenvalue weighted by Crippen LogP contribution is 2.39. The summed E-state index contributed by atoms with van der Waals surface area (Å²) in [6.07, 6.45) is 1.41. The SMILES string of the molecule is Cc1cccc(C2C(C(=O)c3ccco3)=C(O)C(=O)N2CCOC(C)C)c1. The quantitative estimate of drug-likeness (QED) is 0.755. The van der Waals surface area contributed by atoms with Gasteiger partial charge in [-0.2, -0.15) is 0 Å². The van der Waals surface area contributed by atoms with Gasteiger partial charge in [0.15, 0.2) is 11.5 Å². The second-order valence-electron chi connectivity index (χ2n) is 6.80. The minimum absolute atomic E-state index is 0.0194. The predicted octanol–water partition coefficient (Wildman–Crippen LogP) is 3.59. The zero-order valence-electron chi connectivity index (χ0n) is 15.6. The average Bonchev–Trinajstić information content (AvgIpc) is 3.24. The summed E-state index contributed by atoms with van der Waals surface area (Å²) < 4.78 is 10.8. The molecule has 1 atom stereocenters. The number of amides is 1. The lowest BCUT2D eigenvalue weighted by Gasteiger charge is -2.27. The van der Waals surface area contributed by atoms with Crippen molar-refractivity contribution in [2.45, 2.75) is 32.9 Å². The fourth-order valence-electron chi connectivity index (χ4n) is 3.23. The van der Waals surface area contributed by atoms with Gasteiger partial charge < -0.3 is 19.2 Å². The Balaban J connectivity index is 2.00. The van der Waals surface area contributed by atoms with E-state index in [1.807, 2.05) is 45.0 Å². The van der Waals surface area contributed by atoms with Crippen LogP contribution in [0.4, 0.5) is 0 Å². The molecular formula is C21H23NO5. The number of aliphatic hydroxyl groups excluding tert-OH is 1. The molecule has 1 aromatic carbocycles. The fraction of sp³-hybridized carbons (Fsp3) is 0.333. The number of furan rings is 1. The molecule has 0 fully saturated rings. The van der Waals surface area contributed by atoms with Gasteiger partial charge in [0.05, 0.1) is 30.6 Å². The van der Waals surface area contributed by atoms with Crippen LogP contribution in [0.3, 0.4) is 0 Å². The van der Waals surface area contributed by atoms with E-state index in [-0.39, 0.29) is 24.0 Å². The van der Waals surface area contributed by atoms with Crippen LogP contribution < -0.4 is 0 Å². The van der Waals surface area contributed by atoms with Crippen molar-refractivity contribution in [3.05, 3.63) is 70.9 Å². The third-order valence-electron chi connectivity index (χ3n) is 4.43. The molecule has 2 heterocycles. The summed E-state index contributed by atoms with van der Waals surface area (Å²) in [7, 11) is 0.